The topological polar surface area (TPSA) is 17.1 Å². The van der Waals surface area contributed by atoms with E-state index in [1.807, 2.05) is 0 Å². The minimum atomic E-state index is 0.242. The SMILES string of the molecule is CCC/C=C/C1CC(C)CC1=O. The van der Waals surface area contributed by atoms with Crippen molar-refractivity contribution < 1.29 is 4.79 Å². The molecule has 0 radical (unpaired) electrons. The highest BCUT2D eigenvalue weighted by molar-refractivity contribution is 5.84. The molecular formula is C11H18O. The number of rotatable bonds is 3. The fourth-order valence-electron chi connectivity index (χ4n) is 1.76. The van der Waals surface area contributed by atoms with Gasteiger partial charge < -0.3 is 0 Å². The fourth-order valence-corrected chi connectivity index (χ4v) is 1.76. The van der Waals surface area contributed by atoms with Gasteiger partial charge in [-0.3, -0.25) is 4.79 Å². The molecule has 0 aromatic heterocycles. The third-order valence-corrected chi connectivity index (χ3v) is 2.44. The van der Waals surface area contributed by atoms with Gasteiger partial charge in [-0.25, -0.2) is 0 Å². The molecule has 68 valence electrons. The largest absolute Gasteiger partial charge is 0.299 e. The minimum absolute atomic E-state index is 0.242. The van der Waals surface area contributed by atoms with Gasteiger partial charge in [-0.15, -0.1) is 0 Å². The second kappa shape index (κ2) is 4.44. The van der Waals surface area contributed by atoms with Crippen molar-refractivity contribution >= 4 is 5.78 Å². The average molecular weight is 166 g/mol. The molecule has 0 heterocycles. The third-order valence-electron chi connectivity index (χ3n) is 2.44. The number of unbranched alkanes of at least 4 members (excludes halogenated alkanes) is 1. The highest BCUT2D eigenvalue weighted by Crippen LogP contribution is 2.28. The van der Waals surface area contributed by atoms with Gasteiger partial charge in [0.25, 0.3) is 0 Å². The zero-order valence-electron chi connectivity index (χ0n) is 8.05. The Morgan fingerprint density at radius 1 is 1.58 bits per heavy atom. The first-order valence-electron chi connectivity index (χ1n) is 4.93. The second-order valence-electron chi connectivity index (χ2n) is 3.83. The Morgan fingerprint density at radius 2 is 2.33 bits per heavy atom. The van der Waals surface area contributed by atoms with E-state index in [1.165, 1.54) is 6.42 Å². The van der Waals surface area contributed by atoms with Gasteiger partial charge >= 0.3 is 0 Å². The smallest absolute Gasteiger partial charge is 0.139 e. The Balaban J connectivity index is 2.37. The second-order valence-corrected chi connectivity index (χ2v) is 3.83. The molecule has 0 aliphatic heterocycles. The maximum absolute atomic E-state index is 11.3. The lowest BCUT2D eigenvalue weighted by atomic mass is 10.0. The van der Waals surface area contributed by atoms with Crippen LogP contribution in [0.4, 0.5) is 0 Å². The Kier molecular flexibility index (Phi) is 3.51. The zero-order chi connectivity index (χ0) is 8.97. The van der Waals surface area contributed by atoms with E-state index in [0.717, 1.165) is 19.3 Å². The summed E-state index contributed by atoms with van der Waals surface area (Å²) in [6, 6.07) is 0. The summed E-state index contributed by atoms with van der Waals surface area (Å²) < 4.78 is 0. The summed E-state index contributed by atoms with van der Waals surface area (Å²) in [4.78, 5) is 11.3. The molecular weight excluding hydrogens is 148 g/mol. The monoisotopic (exact) mass is 166 g/mol. The first-order valence-corrected chi connectivity index (χ1v) is 4.93. The number of hydrogen-bond donors (Lipinski definition) is 0. The maximum Gasteiger partial charge on any atom is 0.139 e. The molecule has 0 saturated heterocycles. The molecule has 0 aromatic rings. The summed E-state index contributed by atoms with van der Waals surface area (Å²) in [6.07, 6.45) is 8.40. The first-order chi connectivity index (χ1) is 5.74. The standard InChI is InChI=1S/C11H18O/c1-3-4-5-6-10-7-9(2)8-11(10)12/h5-6,9-10H,3-4,7-8H2,1-2H3/b6-5+. The van der Waals surface area contributed by atoms with Crippen molar-refractivity contribution in [2.24, 2.45) is 11.8 Å². The normalized spacial score (nSPS) is 30.3. The molecule has 0 bridgehead atoms. The van der Waals surface area contributed by atoms with E-state index in [4.69, 9.17) is 0 Å². The Labute approximate surface area is 74.9 Å². The highest BCUT2D eigenvalue weighted by atomic mass is 16.1. The summed E-state index contributed by atoms with van der Waals surface area (Å²) in [5, 5.41) is 0. The number of carbonyl (C=O) groups is 1. The Hall–Kier alpha value is -0.590. The zero-order valence-corrected chi connectivity index (χ0v) is 8.05. The summed E-state index contributed by atoms with van der Waals surface area (Å²) in [6.45, 7) is 4.31. The van der Waals surface area contributed by atoms with Crippen molar-refractivity contribution in [3.63, 3.8) is 0 Å². The number of Topliss-reactive ketones (excluding diaryl/α,β-unsaturated/α-hetero) is 1. The lowest BCUT2D eigenvalue weighted by Crippen LogP contribution is -2.01. The molecule has 0 N–H and O–H groups in total. The van der Waals surface area contributed by atoms with Crippen LogP contribution in [0, 0.1) is 11.8 Å². The quantitative estimate of drug-likeness (QED) is 0.589. The predicted molar refractivity (Wildman–Crippen MR) is 50.9 cm³/mol. The Morgan fingerprint density at radius 3 is 2.83 bits per heavy atom. The molecule has 2 unspecified atom stereocenters. The molecule has 12 heavy (non-hydrogen) atoms. The van der Waals surface area contributed by atoms with E-state index in [0.29, 0.717) is 11.7 Å². The molecule has 1 fully saturated rings. The number of ketones is 1. The summed E-state index contributed by atoms with van der Waals surface area (Å²) in [7, 11) is 0. The number of allylic oxidation sites excluding steroid dienone is 2. The molecule has 1 saturated carbocycles. The van der Waals surface area contributed by atoms with Crippen LogP contribution in [0.2, 0.25) is 0 Å². The van der Waals surface area contributed by atoms with Crippen LogP contribution in [0.5, 0.6) is 0 Å². The lowest BCUT2D eigenvalue weighted by Gasteiger charge is -1.99. The van der Waals surface area contributed by atoms with Crippen molar-refractivity contribution in [3.05, 3.63) is 12.2 Å². The van der Waals surface area contributed by atoms with Crippen LogP contribution in [0.25, 0.3) is 0 Å². The van der Waals surface area contributed by atoms with Gasteiger partial charge in [0.1, 0.15) is 5.78 Å². The van der Waals surface area contributed by atoms with Crippen molar-refractivity contribution in [2.75, 3.05) is 0 Å². The third kappa shape index (κ3) is 2.47. The minimum Gasteiger partial charge on any atom is -0.299 e. The summed E-state index contributed by atoms with van der Waals surface area (Å²) >= 11 is 0. The molecule has 2 atom stereocenters. The van der Waals surface area contributed by atoms with E-state index < -0.39 is 0 Å². The van der Waals surface area contributed by atoms with E-state index >= 15 is 0 Å². The van der Waals surface area contributed by atoms with Crippen LogP contribution in [-0.4, -0.2) is 5.78 Å². The van der Waals surface area contributed by atoms with E-state index in [-0.39, 0.29) is 5.92 Å². The molecule has 0 amide bonds. The first kappa shape index (κ1) is 9.50. The predicted octanol–water partition coefficient (Wildman–Crippen LogP) is 2.96. The van der Waals surface area contributed by atoms with E-state index in [2.05, 4.69) is 26.0 Å². The number of carbonyl (C=O) groups excluding carboxylic acids is 1. The van der Waals surface area contributed by atoms with Crippen LogP contribution in [-0.2, 0) is 4.79 Å². The van der Waals surface area contributed by atoms with Crippen molar-refractivity contribution in [1.82, 2.24) is 0 Å². The van der Waals surface area contributed by atoms with Gasteiger partial charge in [0.05, 0.1) is 0 Å². The average Bonchev–Trinajstić information content (AvgIpc) is 2.31. The summed E-state index contributed by atoms with van der Waals surface area (Å²) in [5.74, 6) is 1.29. The van der Waals surface area contributed by atoms with Crippen LogP contribution in [0.1, 0.15) is 39.5 Å². The lowest BCUT2D eigenvalue weighted by molar-refractivity contribution is -0.119. The fraction of sp³-hybridized carbons (Fsp3) is 0.727. The van der Waals surface area contributed by atoms with Crippen LogP contribution in [0.15, 0.2) is 12.2 Å². The van der Waals surface area contributed by atoms with Crippen molar-refractivity contribution in [3.8, 4) is 0 Å². The molecule has 1 rings (SSSR count). The summed E-state index contributed by atoms with van der Waals surface area (Å²) in [5.41, 5.74) is 0. The molecule has 0 spiro atoms. The van der Waals surface area contributed by atoms with Gasteiger partial charge in [0.2, 0.25) is 0 Å². The number of hydrogen-bond acceptors (Lipinski definition) is 1. The molecule has 1 heteroatoms. The van der Waals surface area contributed by atoms with Gasteiger partial charge in [-0.05, 0) is 18.8 Å². The van der Waals surface area contributed by atoms with Gasteiger partial charge in [0, 0.05) is 12.3 Å². The highest BCUT2D eigenvalue weighted by Gasteiger charge is 2.27. The maximum atomic E-state index is 11.3. The van der Waals surface area contributed by atoms with Gasteiger partial charge in [-0.1, -0.05) is 32.4 Å². The van der Waals surface area contributed by atoms with Crippen LogP contribution in [0.3, 0.4) is 0 Å². The molecule has 1 nitrogen and oxygen atoms in total. The van der Waals surface area contributed by atoms with Crippen molar-refractivity contribution in [2.45, 2.75) is 39.5 Å². The van der Waals surface area contributed by atoms with Crippen LogP contribution >= 0.6 is 0 Å². The van der Waals surface area contributed by atoms with Gasteiger partial charge in [-0.2, -0.15) is 0 Å². The molecule has 0 aromatic carbocycles. The van der Waals surface area contributed by atoms with Crippen LogP contribution < -0.4 is 0 Å². The Bertz CT molecular complexity index is 181. The van der Waals surface area contributed by atoms with E-state index in [9.17, 15) is 4.79 Å². The van der Waals surface area contributed by atoms with Gasteiger partial charge in [0.15, 0.2) is 0 Å². The van der Waals surface area contributed by atoms with Crippen molar-refractivity contribution in [1.29, 1.82) is 0 Å². The molecule has 1 aliphatic carbocycles. The van der Waals surface area contributed by atoms with E-state index in [1.54, 1.807) is 0 Å². The molecule has 1 aliphatic rings.